The maximum atomic E-state index is 11.0. The first-order valence-corrected chi connectivity index (χ1v) is 6.70. The van der Waals surface area contributed by atoms with Gasteiger partial charge in [-0.05, 0) is 19.3 Å². The summed E-state index contributed by atoms with van der Waals surface area (Å²) in [5.41, 5.74) is 0. The predicted octanol–water partition coefficient (Wildman–Crippen LogP) is 2.18. The SMILES string of the molecule is CC(C)NC(CCOC1CCCCC1)C(=O)O. The van der Waals surface area contributed by atoms with E-state index in [9.17, 15) is 4.79 Å². The van der Waals surface area contributed by atoms with E-state index >= 15 is 0 Å². The number of hydrogen-bond donors (Lipinski definition) is 2. The first-order valence-electron chi connectivity index (χ1n) is 6.70. The van der Waals surface area contributed by atoms with E-state index in [1.807, 2.05) is 13.8 Å². The highest BCUT2D eigenvalue weighted by molar-refractivity contribution is 5.73. The van der Waals surface area contributed by atoms with E-state index in [1.54, 1.807) is 0 Å². The third-order valence-electron chi connectivity index (χ3n) is 3.14. The van der Waals surface area contributed by atoms with Gasteiger partial charge in [0.2, 0.25) is 0 Å². The van der Waals surface area contributed by atoms with Crippen molar-refractivity contribution in [1.29, 1.82) is 0 Å². The van der Waals surface area contributed by atoms with Gasteiger partial charge in [-0.3, -0.25) is 4.79 Å². The summed E-state index contributed by atoms with van der Waals surface area (Å²) in [6.07, 6.45) is 6.98. The lowest BCUT2D eigenvalue weighted by Crippen LogP contribution is -2.41. The Balaban J connectivity index is 2.19. The van der Waals surface area contributed by atoms with E-state index in [0.717, 1.165) is 12.8 Å². The molecule has 0 spiro atoms. The molecule has 0 amide bonds. The van der Waals surface area contributed by atoms with Crippen molar-refractivity contribution in [3.8, 4) is 0 Å². The highest BCUT2D eigenvalue weighted by Crippen LogP contribution is 2.20. The summed E-state index contributed by atoms with van der Waals surface area (Å²) in [6, 6.07) is -0.302. The largest absolute Gasteiger partial charge is 0.480 e. The Hall–Kier alpha value is -0.610. The first-order chi connectivity index (χ1) is 8.09. The van der Waals surface area contributed by atoms with E-state index in [1.165, 1.54) is 19.3 Å². The molecule has 1 rings (SSSR count). The average molecular weight is 243 g/mol. The molecular weight excluding hydrogens is 218 g/mol. The van der Waals surface area contributed by atoms with Crippen LogP contribution in [0.2, 0.25) is 0 Å². The molecule has 0 bridgehead atoms. The van der Waals surface area contributed by atoms with Crippen LogP contribution in [0, 0.1) is 0 Å². The van der Waals surface area contributed by atoms with E-state index in [0.29, 0.717) is 19.1 Å². The number of aliphatic carboxylic acids is 1. The van der Waals surface area contributed by atoms with Gasteiger partial charge < -0.3 is 15.2 Å². The fourth-order valence-corrected chi connectivity index (χ4v) is 2.26. The monoisotopic (exact) mass is 243 g/mol. The Morgan fingerprint density at radius 2 is 2.00 bits per heavy atom. The number of rotatable bonds is 7. The van der Waals surface area contributed by atoms with Crippen molar-refractivity contribution in [3.63, 3.8) is 0 Å². The summed E-state index contributed by atoms with van der Waals surface area (Å²) in [7, 11) is 0. The van der Waals surface area contributed by atoms with E-state index in [-0.39, 0.29) is 6.04 Å². The molecule has 2 N–H and O–H groups in total. The minimum Gasteiger partial charge on any atom is -0.480 e. The summed E-state index contributed by atoms with van der Waals surface area (Å²) >= 11 is 0. The summed E-state index contributed by atoms with van der Waals surface area (Å²) in [5.74, 6) is -0.786. The second-order valence-electron chi connectivity index (χ2n) is 5.13. The topological polar surface area (TPSA) is 58.6 Å². The molecule has 4 heteroatoms. The Labute approximate surface area is 104 Å². The van der Waals surface area contributed by atoms with Crippen LogP contribution in [0.15, 0.2) is 0 Å². The van der Waals surface area contributed by atoms with Crippen molar-refractivity contribution in [2.75, 3.05) is 6.61 Å². The third kappa shape index (κ3) is 6.03. The smallest absolute Gasteiger partial charge is 0.320 e. The van der Waals surface area contributed by atoms with Gasteiger partial charge >= 0.3 is 5.97 Å². The van der Waals surface area contributed by atoms with Crippen molar-refractivity contribution in [2.45, 2.75) is 70.6 Å². The first kappa shape index (κ1) is 14.5. The van der Waals surface area contributed by atoms with Crippen molar-refractivity contribution in [3.05, 3.63) is 0 Å². The van der Waals surface area contributed by atoms with Crippen LogP contribution in [0.1, 0.15) is 52.4 Å². The Kier molecular flexibility index (Phi) is 6.52. The number of carboxylic acid groups (broad SMARTS) is 1. The molecule has 100 valence electrons. The molecule has 0 aromatic rings. The fraction of sp³-hybridized carbons (Fsp3) is 0.923. The number of nitrogens with one attached hydrogen (secondary N) is 1. The zero-order valence-corrected chi connectivity index (χ0v) is 10.9. The molecule has 0 aromatic heterocycles. The molecule has 1 fully saturated rings. The minimum absolute atomic E-state index is 0.186. The molecule has 1 unspecified atom stereocenters. The van der Waals surface area contributed by atoms with Crippen molar-refractivity contribution >= 4 is 5.97 Å². The summed E-state index contributed by atoms with van der Waals surface area (Å²) in [5, 5.41) is 12.1. The molecule has 1 atom stereocenters. The van der Waals surface area contributed by atoms with Gasteiger partial charge in [-0.25, -0.2) is 0 Å². The van der Waals surface area contributed by atoms with Crippen LogP contribution in [0.3, 0.4) is 0 Å². The second kappa shape index (κ2) is 7.67. The maximum Gasteiger partial charge on any atom is 0.320 e. The number of hydrogen-bond acceptors (Lipinski definition) is 3. The summed E-state index contributed by atoms with van der Waals surface area (Å²) < 4.78 is 5.74. The van der Waals surface area contributed by atoms with Gasteiger partial charge in [0, 0.05) is 12.6 Å². The molecular formula is C13H25NO3. The predicted molar refractivity (Wildman–Crippen MR) is 67.1 cm³/mol. The molecule has 4 nitrogen and oxygen atoms in total. The molecule has 0 aromatic carbocycles. The molecule has 0 radical (unpaired) electrons. The lowest BCUT2D eigenvalue weighted by atomic mass is 9.98. The van der Waals surface area contributed by atoms with Gasteiger partial charge in [-0.2, -0.15) is 0 Å². The zero-order chi connectivity index (χ0) is 12.7. The van der Waals surface area contributed by atoms with Crippen LogP contribution in [0.25, 0.3) is 0 Å². The number of ether oxygens (including phenoxy) is 1. The van der Waals surface area contributed by atoms with Crippen LogP contribution in [-0.4, -0.2) is 35.9 Å². The Morgan fingerprint density at radius 1 is 1.35 bits per heavy atom. The lowest BCUT2D eigenvalue weighted by molar-refractivity contribution is -0.140. The van der Waals surface area contributed by atoms with Crippen LogP contribution >= 0.6 is 0 Å². The maximum absolute atomic E-state index is 11.0. The van der Waals surface area contributed by atoms with Gasteiger partial charge in [-0.15, -0.1) is 0 Å². The second-order valence-corrected chi connectivity index (χ2v) is 5.13. The number of carboxylic acids is 1. The standard InChI is InChI=1S/C13H25NO3/c1-10(2)14-12(13(15)16)8-9-17-11-6-4-3-5-7-11/h10-12,14H,3-9H2,1-2H3,(H,15,16). The highest BCUT2D eigenvalue weighted by atomic mass is 16.5. The molecule has 0 heterocycles. The highest BCUT2D eigenvalue weighted by Gasteiger charge is 2.19. The van der Waals surface area contributed by atoms with Crippen LogP contribution in [0.5, 0.6) is 0 Å². The lowest BCUT2D eigenvalue weighted by Gasteiger charge is -2.23. The third-order valence-corrected chi connectivity index (χ3v) is 3.14. The summed E-state index contributed by atoms with van der Waals surface area (Å²) in [4.78, 5) is 11.0. The normalized spacial score (nSPS) is 19.5. The van der Waals surface area contributed by atoms with E-state index in [2.05, 4.69) is 5.32 Å². The van der Waals surface area contributed by atoms with Crippen molar-refractivity contribution in [2.24, 2.45) is 0 Å². The van der Waals surface area contributed by atoms with Crippen LogP contribution in [-0.2, 0) is 9.53 Å². The summed E-state index contributed by atoms with van der Waals surface area (Å²) in [6.45, 7) is 4.46. The van der Waals surface area contributed by atoms with Crippen molar-refractivity contribution in [1.82, 2.24) is 5.32 Å². The van der Waals surface area contributed by atoms with Crippen LogP contribution < -0.4 is 5.32 Å². The Bertz CT molecular complexity index is 225. The van der Waals surface area contributed by atoms with Gasteiger partial charge in [0.25, 0.3) is 0 Å². The fourth-order valence-electron chi connectivity index (χ4n) is 2.26. The van der Waals surface area contributed by atoms with E-state index in [4.69, 9.17) is 9.84 Å². The Morgan fingerprint density at radius 3 is 2.53 bits per heavy atom. The molecule has 17 heavy (non-hydrogen) atoms. The molecule has 1 aliphatic rings. The van der Waals surface area contributed by atoms with E-state index < -0.39 is 12.0 Å². The van der Waals surface area contributed by atoms with Gasteiger partial charge in [0.15, 0.2) is 0 Å². The molecule has 0 saturated heterocycles. The molecule has 1 aliphatic carbocycles. The number of carbonyl (C=O) groups is 1. The van der Waals surface area contributed by atoms with Gasteiger partial charge in [0.05, 0.1) is 6.10 Å². The van der Waals surface area contributed by atoms with Gasteiger partial charge in [0.1, 0.15) is 6.04 Å². The molecule has 0 aliphatic heterocycles. The minimum atomic E-state index is -0.786. The van der Waals surface area contributed by atoms with Gasteiger partial charge in [-0.1, -0.05) is 33.1 Å². The molecule has 1 saturated carbocycles. The quantitative estimate of drug-likeness (QED) is 0.719. The zero-order valence-electron chi connectivity index (χ0n) is 10.9. The van der Waals surface area contributed by atoms with Crippen molar-refractivity contribution < 1.29 is 14.6 Å². The average Bonchev–Trinajstić information content (AvgIpc) is 2.28. The van der Waals surface area contributed by atoms with Crippen LogP contribution in [0.4, 0.5) is 0 Å².